The normalized spacial score (nSPS) is 32.1. The zero-order valence-corrected chi connectivity index (χ0v) is 9.23. The molecule has 0 aromatic heterocycles. The maximum atomic E-state index is 3.72. The lowest BCUT2D eigenvalue weighted by molar-refractivity contribution is 0.319. The molecule has 1 atom stereocenters. The first kappa shape index (κ1) is 10.4. The van der Waals surface area contributed by atoms with E-state index in [1.807, 2.05) is 0 Å². The van der Waals surface area contributed by atoms with Crippen LogP contribution >= 0.6 is 0 Å². The summed E-state index contributed by atoms with van der Waals surface area (Å²) >= 11 is 0. The molecule has 0 aromatic rings. The van der Waals surface area contributed by atoms with Gasteiger partial charge in [-0.05, 0) is 31.7 Å². The van der Waals surface area contributed by atoms with Gasteiger partial charge in [0.1, 0.15) is 0 Å². The van der Waals surface area contributed by atoms with Crippen LogP contribution in [0.1, 0.15) is 44.9 Å². The molecule has 2 fully saturated rings. The molecule has 0 radical (unpaired) electrons. The molecule has 82 valence electrons. The molecule has 1 heterocycles. The summed E-state index contributed by atoms with van der Waals surface area (Å²) in [5.41, 5.74) is 0. The van der Waals surface area contributed by atoms with Gasteiger partial charge in [0.15, 0.2) is 0 Å². The molecule has 0 amide bonds. The van der Waals surface area contributed by atoms with E-state index >= 15 is 0 Å². The molecule has 1 aliphatic heterocycles. The summed E-state index contributed by atoms with van der Waals surface area (Å²) in [5, 5.41) is 7.19. The van der Waals surface area contributed by atoms with Crippen molar-refractivity contribution in [3.63, 3.8) is 0 Å². The van der Waals surface area contributed by atoms with Crippen molar-refractivity contribution >= 4 is 0 Å². The van der Waals surface area contributed by atoms with Gasteiger partial charge in [0.25, 0.3) is 0 Å². The van der Waals surface area contributed by atoms with Crippen LogP contribution in [-0.2, 0) is 0 Å². The minimum Gasteiger partial charge on any atom is -0.315 e. The lowest BCUT2D eigenvalue weighted by atomic mass is 9.90. The quantitative estimate of drug-likeness (QED) is 0.626. The van der Waals surface area contributed by atoms with E-state index < -0.39 is 0 Å². The molecule has 2 rings (SSSR count). The number of nitrogens with one attached hydrogen (secondary N) is 2. The highest BCUT2D eigenvalue weighted by Gasteiger charge is 2.22. The van der Waals surface area contributed by atoms with E-state index in [1.54, 1.807) is 0 Å². The van der Waals surface area contributed by atoms with E-state index in [1.165, 1.54) is 58.0 Å². The third-order valence-corrected chi connectivity index (χ3v) is 3.81. The van der Waals surface area contributed by atoms with Gasteiger partial charge in [-0.2, -0.15) is 0 Å². The second kappa shape index (κ2) is 5.72. The molecule has 0 bridgehead atoms. The predicted molar refractivity (Wildman–Crippen MR) is 60.5 cm³/mol. The molecule has 2 N–H and O–H groups in total. The van der Waals surface area contributed by atoms with Crippen molar-refractivity contribution < 1.29 is 0 Å². The molecule has 2 aliphatic rings. The molecular formula is C12H24N2. The smallest absolute Gasteiger partial charge is 0.0108 e. The van der Waals surface area contributed by atoms with Crippen molar-refractivity contribution in [1.82, 2.24) is 10.6 Å². The highest BCUT2D eigenvalue weighted by molar-refractivity contribution is 4.81. The number of rotatable bonds is 1. The van der Waals surface area contributed by atoms with Gasteiger partial charge in [-0.3, -0.25) is 0 Å². The summed E-state index contributed by atoms with van der Waals surface area (Å²) < 4.78 is 0. The van der Waals surface area contributed by atoms with Crippen LogP contribution in [0.2, 0.25) is 0 Å². The number of hydrogen-bond donors (Lipinski definition) is 2. The lowest BCUT2D eigenvalue weighted by Gasteiger charge is -2.25. The van der Waals surface area contributed by atoms with Gasteiger partial charge in [-0.1, -0.05) is 25.7 Å². The Bertz CT molecular complexity index is 124. The van der Waals surface area contributed by atoms with E-state index in [0.29, 0.717) is 0 Å². The van der Waals surface area contributed by atoms with Gasteiger partial charge >= 0.3 is 0 Å². The summed E-state index contributed by atoms with van der Waals surface area (Å²) in [6.45, 7) is 3.54. The van der Waals surface area contributed by atoms with Crippen molar-refractivity contribution in [2.75, 3.05) is 19.6 Å². The summed E-state index contributed by atoms with van der Waals surface area (Å²) in [5.74, 6) is 0.970. The van der Waals surface area contributed by atoms with E-state index in [4.69, 9.17) is 0 Å². The van der Waals surface area contributed by atoms with Gasteiger partial charge < -0.3 is 10.6 Å². The average Bonchev–Trinajstić information content (AvgIpc) is 2.62. The third kappa shape index (κ3) is 2.96. The first-order chi connectivity index (χ1) is 6.97. The molecule has 14 heavy (non-hydrogen) atoms. The fraction of sp³-hybridized carbons (Fsp3) is 1.00. The van der Waals surface area contributed by atoms with Crippen molar-refractivity contribution in [2.45, 2.75) is 51.0 Å². The van der Waals surface area contributed by atoms with Crippen LogP contribution in [0.15, 0.2) is 0 Å². The summed E-state index contributed by atoms with van der Waals surface area (Å²) in [6.07, 6.45) is 10.2. The topological polar surface area (TPSA) is 24.1 Å². The lowest BCUT2D eigenvalue weighted by Crippen LogP contribution is -2.36. The first-order valence-electron chi connectivity index (χ1n) is 6.41. The van der Waals surface area contributed by atoms with Crippen LogP contribution in [-0.4, -0.2) is 25.7 Å². The van der Waals surface area contributed by atoms with E-state index in [-0.39, 0.29) is 0 Å². The van der Waals surface area contributed by atoms with Crippen LogP contribution in [0.25, 0.3) is 0 Å². The van der Waals surface area contributed by atoms with Crippen molar-refractivity contribution in [3.8, 4) is 0 Å². The predicted octanol–water partition coefficient (Wildman–Crippen LogP) is 1.91. The molecule has 1 saturated carbocycles. The zero-order chi connectivity index (χ0) is 9.64. The van der Waals surface area contributed by atoms with Gasteiger partial charge in [-0.25, -0.2) is 0 Å². The third-order valence-electron chi connectivity index (χ3n) is 3.81. The van der Waals surface area contributed by atoms with Gasteiger partial charge in [-0.15, -0.1) is 0 Å². The fourth-order valence-electron chi connectivity index (χ4n) is 2.95. The van der Waals surface area contributed by atoms with Gasteiger partial charge in [0.2, 0.25) is 0 Å². The Kier molecular flexibility index (Phi) is 4.26. The molecule has 1 aliphatic carbocycles. The fourth-order valence-corrected chi connectivity index (χ4v) is 2.95. The second-order valence-corrected chi connectivity index (χ2v) is 4.85. The van der Waals surface area contributed by atoms with Crippen LogP contribution in [0.3, 0.4) is 0 Å². The Morgan fingerprint density at radius 3 is 2.29 bits per heavy atom. The highest BCUT2D eigenvalue weighted by atomic mass is 15.0. The van der Waals surface area contributed by atoms with E-state index in [0.717, 1.165) is 18.5 Å². The maximum absolute atomic E-state index is 3.72. The Morgan fingerprint density at radius 1 is 0.714 bits per heavy atom. The molecular weight excluding hydrogens is 172 g/mol. The zero-order valence-electron chi connectivity index (χ0n) is 9.23. The maximum Gasteiger partial charge on any atom is 0.0108 e. The Morgan fingerprint density at radius 2 is 1.50 bits per heavy atom. The molecule has 2 nitrogen and oxygen atoms in total. The highest BCUT2D eigenvalue weighted by Crippen LogP contribution is 2.26. The molecule has 1 saturated heterocycles. The average molecular weight is 196 g/mol. The number of hydrogen-bond acceptors (Lipinski definition) is 2. The standard InChI is InChI=1S/C12H24N2/c1-2-4-6-11(5-3-1)12-7-8-13-9-10-14-12/h11-14H,1-10H2. The Labute approximate surface area is 87.8 Å². The van der Waals surface area contributed by atoms with Gasteiger partial charge in [0, 0.05) is 19.1 Å². The summed E-state index contributed by atoms with van der Waals surface area (Å²) in [6, 6.07) is 0.808. The van der Waals surface area contributed by atoms with Crippen molar-refractivity contribution in [1.29, 1.82) is 0 Å². The summed E-state index contributed by atoms with van der Waals surface area (Å²) in [4.78, 5) is 0. The van der Waals surface area contributed by atoms with E-state index in [9.17, 15) is 0 Å². The van der Waals surface area contributed by atoms with Crippen LogP contribution in [0.5, 0.6) is 0 Å². The molecule has 2 heteroatoms. The minimum absolute atomic E-state index is 0.808. The first-order valence-corrected chi connectivity index (χ1v) is 6.41. The largest absolute Gasteiger partial charge is 0.315 e. The molecule has 0 spiro atoms. The second-order valence-electron chi connectivity index (χ2n) is 4.85. The minimum atomic E-state index is 0.808. The monoisotopic (exact) mass is 196 g/mol. The SMILES string of the molecule is C1CCCC(C2CCNCCN2)CC1. The van der Waals surface area contributed by atoms with Crippen LogP contribution in [0.4, 0.5) is 0 Å². The van der Waals surface area contributed by atoms with Gasteiger partial charge in [0.05, 0.1) is 0 Å². The van der Waals surface area contributed by atoms with Crippen LogP contribution < -0.4 is 10.6 Å². The molecule has 1 unspecified atom stereocenters. The van der Waals surface area contributed by atoms with Crippen molar-refractivity contribution in [3.05, 3.63) is 0 Å². The Balaban J connectivity index is 1.83. The Hall–Kier alpha value is -0.0800. The van der Waals surface area contributed by atoms with Crippen molar-refractivity contribution in [2.24, 2.45) is 5.92 Å². The molecule has 0 aromatic carbocycles. The van der Waals surface area contributed by atoms with E-state index in [2.05, 4.69) is 10.6 Å². The summed E-state index contributed by atoms with van der Waals surface area (Å²) in [7, 11) is 0. The van der Waals surface area contributed by atoms with Crippen LogP contribution in [0, 0.1) is 5.92 Å².